The second-order valence-corrected chi connectivity index (χ2v) is 4.34. The Kier molecular flexibility index (Phi) is 6.64. The van der Waals surface area contributed by atoms with Gasteiger partial charge in [-0.3, -0.25) is 0 Å². The van der Waals surface area contributed by atoms with Gasteiger partial charge >= 0.3 is 5.97 Å². The van der Waals surface area contributed by atoms with Crippen molar-refractivity contribution in [2.24, 2.45) is 0 Å². The number of carboxylic acids is 1. The van der Waals surface area contributed by atoms with E-state index in [1.807, 2.05) is 25.1 Å². The van der Waals surface area contributed by atoms with Crippen LogP contribution in [0.25, 0.3) is 6.08 Å². The Hall–Kier alpha value is -1.97. The van der Waals surface area contributed by atoms with Gasteiger partial charge in [0, 0.05) is 11.6 Å². The fourth-order valence-corrected chi connectivity index (χ4v) is 1.84. The first kappa shape index (κ1) is 16.1. The van der Waals surface area contributed by atoms with Crippen LogP contribution >= 0.6 is 0 Å². The molecule has 4 nitrogen and oxygen atoms in total. The summed E-state index contributed by atoms with van der Waals surface area (Å²) in [6.07, 6.45) is 4.50. The Labute approximate surface area is 120 Å². The van der Waals surface area contributed by atoms with Gasteiger partial charge < -0.3 is 14.6 Å². The number of benzene rings is 1. The van der Waals surface area contributed by atoms with Crippen molar-refractivity contribution in [1.82, 2.24) is 0 Å². The van der Waals surface area contributed by atoms with Crippen LogP contribution < -0.4 is 9.47 Å². The smallest absolute Gasteiger partial charge is 0.328 e. The second kappa shape index (κ2) is 8.25. The lowest BCUT2D eigenvalue weighted by atomic mass is 10.1. The van der Waals surface area contributed by atoms with Crippen molar-refractivity contribution in [2.75, 3.05) is 6.61 Å². The lowest BCUT2D eigenvalue weighted by Crippen LogP contribution is -2.15. The highest BCUT2D eigenvalue weighted by atomic mass is 16.5. The fourth-order valence-electron chi connectivity index (χ4n) is 1.84. The minimum atomic E-state index is -0.986. The third-order valence-electron chi connectivity index (χ3n) is 2.91. The number of hydrogen-bond donors (Lipinski definition) is 1. The predicted octanol–water partition coefficient (Wildman–Crippen LogP) is 3.75. The monoisotopic (exact) mass is 278 g/mol. The summed E-state index contributed by atoms with van der Waals surface area (Å²) < 4.78 is 11.6. The summed E-state index contributed by atoms with van der Waals surface area (Å²) in [7, 11) is 0. The average molecular weight is 278 g/mol. The molecule has 0 aliphatic carbocycles. The summed E-state index contributed by atoms with van der Waals surface area (Å²) in [6, 6.07) is 5.48. The van der Waals surface area contributed by atoms with Crippen molar-refractivity contribution in [3.63, 3.8) is 0 Å². The largest absolute Gasteiger partial charge is 0.490 e. The van der Waals surface area contributed by atoms with Crippen molar-refractivity contribution >= 4 is 12.0 Å². The van der Waals surface area contributed by atoms with Gasteiger partial charge in [-0.25, -0.2) is 4.79 Å². The summed E-state index contributed by atoms with van der Waals surface area (Å²) in [5.74, 6) is 0.271. The van der Waals surface area contributed by atoms with E-state index in [0.717, 1.165) is 18.9 Å². The Bertz CT molecular complexity index is 462. The van der Waals surface area contributed by atoms with Gasteiger partial charge in [0.2, 0.25) is 0 Å². The molecule has 0 aliphatic heterocycles. The van der Waals surface area contributed by atoms with Crippen LogP contribution in [0, 0.1) is 0 Å². The molecule has 0 atom stereocenters. The summed E-state index contributed by atoms with van der Waals surface area (Å²) in [5, 5.41) is 8.75. The van der Waals surface area contributed by atoms with Gasteiger partial charge in [-0.1, -0.05) is 26.0 Å². The molecule has 0 aliphatic rings. The third kappa shape index (κ3) is 4.61. The molecule has 4 heteroatoms. The molecular weight excluding hydrogens is 256 g/mol. The van der Waals surface area contributed by atoms with Crippen LogP contribution in [-0.4, -0.2) is 23.8 Å². The van der Waals surface area contributed by atoms with Crippen molar-refractivity contribution in [2.45, 2.75) is 39.7 Å². The van der Waals surface area contributed by atoms with Crippen LogP contribution in [0.2, 0.25) is 0 Å². The number of carboxylic acid groups (broad SMARTS) is 1. The van der Waals surface area contributed by atoms with Crippen molar-refractivity contribution in [1.29, 1.82) is 0 Å². The summed E-state index contributed by atoms with van der Waals surface area (Å²) >= 11 is 0. The van der Waals surface area contributed by atoms with Crippen LogP contribution in [0.5, 0.6) is 11.5 Å². The summed E-state index contributed by atoms with van der Waals surface area (Å²) in [6.45, 7) is 6.56. The topological polar surface area (TPSA) is 55.8 Å². The molecule has 0 amide bonds. The molecule has 0 heterocycles. The van der Waals surface area contributed by atoms with Gasteiger partial charge in [0.15, 0.2) is 11.5 Å². The number of aliphatic carboxylic acids is 1. The first-order valence-corrected chi connectivity index (χ1v) is 6.95. The molecule has 20 heavy (non-hydrogen) atoms. The van der Waals surface area contributed by atoms with E-state index >= 15 is 0 Å². The van der Waals surface area contributed by atoms with E-state index in [1.54, 1.807) is 0 Å². The predicted molar refractivity (Wildman–Crippen MR) is 79.3 cm³/mol. The normalized spacial score (nSPS) is 11.0. The molecule has 110 valence electrons. The van der Waals surface area contributed by atoms with Crippen molar-refractivity contribution in [3.05, 3.63) is 29.8 Å². The highest BCUT2D eigenvalue weighted by molar-refractivity contribution is 5.86. The molecule has 0 saturated carbocycles. The zero-order valence-corrected chi connectivity index (χ0v) is 12.3. The highest BCUT2D eigenvalue weighted by Gasteiger charge is 2.14. The molecule has 0 aromatic heterocycles. The van der Waals surface area contributed by atoms with Crippen molar-refractivity contribution < 1.29 is 19.4 Å². The molecule has 1 rings (SSSR count). The quantitative estimate of drug-likeness (QED) is 0.736. The van der Waals surface area contributed by atoms with E-state index in [1.165, 1.54) is 6.08 Å². The zero-order valence-electron chi connectivity index (χ0n) is 12.3. The first-order valence-electron chi connectivity index (χ1n) is 6.95. The van der Waals surface area contributed by atoms with E-state index in [-0.39, 0.29) is 6.10 Å². The van der Waals surface area contributed by atoms with Gasteiger partial charge in [-0.15, -0.1) is 0 Å². The van der Waals surface area contributed by atoms with Gasteiger partial charge in [0.25, 0.3) is 0 Å². The zero-order chi connectivity index (χ0) is 15.0. The minimum Gasteiger partial charge on any atom is -0.490 e. The van der Waals surface area contributed by atoms with Gasteiger partial charge in [-0.2, -0.15) is 0 Å². The Morgan fingerprint density at radius 1 is 1.30 bits per heavy atom. The van der Waals surface area contributed by atoms with Crippen molar-refractivity contribution in [3.8, 4) is 11.5 Å². The fraction of sp³-hybridized carbons (Fsp3) is 0.438. The Morgan fingerprint density at radius 2 is 2.00 bits per heavy atom. The molecule has 0 spiro atoms. The van der Waals surface area contributed by atoms with Crippen LogP contribution in [0.3, 0.4) is 0 Å². The minimum absolute atomic E-state index is 0.0913. The second-order valence-electron chi connectivity index (χ2n) is 4.34. The van der Waals surface area contributed by atoms with Gasteiger partial charge in [-0.05, 0) is 31.9 Å². The molecule has 0 bridgehead atoms. The summed E-state index contributed by atoms with van der Waals surface area (Å²) in [4.78, 5) is 10.7. The molecule has 1 N–H and O–H groups in total. The maximum absolute atomic E-state index is 10.7. The number of carbonyl (C=O) groups is 1. The van der Waals surface area contributed by atoms with E-state index in [0.29, 0.717) is 23.7 Å². The molecule has 1 aromatic rings. The third-order valence-corrected chi connectivity index (χ3v) is 2.91. The van der Waals surface area contributed by atoms with E-state index in [9.17, 15) is 4.79 Å². The Balaban J connectivity index is 3.14. The molecule has 0 saturated heterocycles. The van der Waals surface area contributed by atoms with Crippen LogP contribution in [0.1, 0.15) is 39.2 Å². The maximum atomic E-state index is 10.7. The molecule has 0 unspecified atom stereocenters. The molecule has 1 aromatic carbocycles. The Morgan fingerprint density at radius 3 is 2.55 bits per heavy atom. The molecule has 0 fully saturated rings. The molecule has 0 radical (unpaired) electrons. The van der Waals surface area contributed by atoms with Crippen LogP contribution in [0.15, 0.2) is 24.3 Å². The standard InChI is InChI=1S/C16H22O4/c1-4-13(5-2)20-16-12(10-11-15(17)18)8-7-9-14(16)19-6-3/h7-11,13H,4-6H2,1-3H3,(H,17,18)/b11-10+. The average Bonchev–Trinajstić information content (AvgIpc) is 2.44. The van der Waals surface area contributed by atoms with Crippen LogP contribution in [-0.2, 0) is 4.79 Å². The number of hydrogen-bond acceptors (Lipinski definition) is 3. The van der Waals surface area contributed by atoms with Gasteiger partial charge in [0.1, 0.15) is 0 Å². The summed E-state index contributed by atoms with van der Waals surface area (Å²) in [5.41, 5.74) is 0.713. The maximum Gasteiger partial charge on any atom is 0.328 e. The van der Waals surface area contributed by atoms with E-state index in [4.69, 9.17) is 14.6 Å². The molecular formula is C16H22O4. The lowest BCUT2D eigenvalue weighted by Gasteiger charge is -2.20. The highest BCUT2D eigenvalue weighted by Crippen LogP contribution is 2.34. The van der Waals surface area contributed by atoms with Crippen LogP contribution in [0.4, 0.5) is 0 Å². The number of para-hydroxylation sites is 1. The van der Waals surface area contributed by atoms with E-state index < -0.39 is 5.97 Å². The first-order chi connectivity index (χ1) is 9.62. The SMILES string of the molecule is CCOc1cccc(/C=C/C(=O)O)c1OC(CC)CC. The van der Waals surface area contributed by atoms with Gasteiger partial charge in [0.05, 0.1) is 12.7 Å². The lowest BCUT2D eigenvalue weighted by molar-refractivity contribution is -0.131. The number of ether oxygens (including phenoxy) is 2. The van der Waals surface area contributed by atoms with E-state index in [2.05, 4.69) is 13.8 Å². The number of rotatable bonds is 8.